The van der Waals surface area contributed by atoms with Crippen LogP contribution in [0.15, 0.2) is 23.3 Å². The highest BCUT2D eigenvalue weighted by molar-refractivity contribution is 14.1. The lowest BCUT2D eigenvalue weighted by molar-refractivity contribution is -0.255. The summed E-state index contributed by atoms with van der Waals surface area (Å²) in [7, 11) is 0. The fourth-order valence-corrected chi connectivity index (χ4v) is 4.60. The smallest absolute Gasteiger partial charge is 0.302 e. The predicted octanol–water partition coefficient (Wildman–Crippen LogP) is 2.85. The number of hydrogen-bond donors (Lipinski definition) is 0. The van der Waals surface area contributed by atoms with Crippen molar-refractivity contribution >= 4 is 34.3 Å². The lowest BCUT2D eigenvalue weighted by atomic mass is 9.84. The average molecular weight is 506 g/mol. The maximum atomic E-state index is 11.8. The number of halogens is 1. The summed E-state index contributed by atoms with van der Waals surface area (Å²) in [6, 6.07) is 0. The van der Waals surface area contributed by atoms with Gasteiger partial charge < -0.3 is 23.7 Å². The second-order valence-electron chi connectivity index (χ2n) is 8.06. The Kier molecular flexibility index (Phi) is 6.09. The summed E-state index contributed by atoms with van der Waals surface area (Å²) < 4.78 is 29.8. The minimum atomic E-state index is -0.768. The van der Waals surface area contributed by atoms with Gasteiger partial charge >= 0.3 is 5.97 Å². The summed E-state index contributed by atoms with van der Waals surface area (Å²) in [4.78, 5) is 23.1. The average Bonchev–Trinajstić information content (AvgIpc) is 2.90. The number of ether oxygens (including phenoxy) is 5. The van der Waals surface area contributed by atoms with Crippen LogP contribution in [-0.4, -0.2) is 58.3 Å². The molecule has 0 saturated carbocycles. The summed E-state index contributed by atoms with van der Waals surface area (Å²) in [5.41, 5.74) is 0.857. The number of ketones is 1. The monoisotopic (exact) mass is 506 g/mol. The maximum absolute atomic E-state index is 11.8. The zero-order chi connectivity index (χ0) is 20.9. The van der Waals surface area contributed by atoms with E-state index in [9.17, 15) is 9.59 Å². The van der Waals surface area contributed by atoms with E-state index in [-0.39, 0.29) is 34.5 Å². The molecule has 2 heterocycles. The van der Waals surface area contributed by atoms with Gasteiger partial charge in [-0.15, -0.1) is 0 Å². The van der Waals surface area contributed by atoms with Crippen molar-refractivity contribution in [3.05, 3.63) is 23.3 Å². The number of rotatable bonds is 4. The standard InChI is InChI=1S/C20H27IO7/c1-10-7-13(23)8-11(2)20(10,6)28-18-15(21)17-16(26-19(4,5)27-17)14(25-18)9-24-12(3)22/h7-8,14-18H,9H2,1-6H3/t14-,15-,16+,17-,18+/m1/s1. The van der Waals surface area contributed by atoms with Crippen LogP contribution in [0.25, 0.3) is 0 Å². The highest BCUT2D eigenvalue weighted by Crippen LogP contribution is 2.43. The molecule has 0 amide bonds. The lowest BCUT2D eigenvalue weighted by Gasteiger charge is -2.44. The zero-order valence-electron chi connectivity index (χ0n) is 17.0. The van der Waals surface area contributed by atoms with Crippen LogP contribution in [-0.2, 0) is 33.3 Å². The Morgan fingerprint density at radius 2 is 1.71 bits per heavy atom. The highest BCUT2D eigenvalue weighted by atomic mass is 127. The first-order valence-corrected chi connectivity index (χ1v) is 10.6. The summed E-state index contributed by atoms with van der Waals surface area (Å²) in [5, 5.41) is 0. The van der Waals surface area contributed by atoms with E-state index in [4.69, 9.17) is 23.7 Å². The molecule has 0 unspecified atom stereocenters. The summed E-state index contributed by atoms with van der Waals surface area (Å²) >= 11 is 2.26. The first kappa shape index (κ1) is 21.9. The van der Waals surface area contributed by atoms with Crippen LogP contribution in [0.1, 0.15) is 41.5 Å². The van der Waals surface area contributed by atoms with E-state index in [1.807, 2.05) is 34.6 Å². The number of carbonyl (C=O) groups excluding carboxylic acids is 2. The van der Waals surface area contributed by atoms with E-state index in [1.165, 1.54) is 6.92 Å². The van der Waals surface area contributed by atoms with Gasteiger partial charge in [0.25, 0.3) is 0 Å². The lowest BCUT2D eigenvalue weighted by Crippen LogP contribution is -2.58. The van der Waals surface area contributed by atoms with Crippen LogP contribution in [0.4, 0.5) is 0 Å². The van der Waals surface area contributed by atoms with Crippen molar-refractivity contribution in [3.8, 4) is 0 Å². The normalized spacial score (nSPS) is 36.4. The molecule has 0 radical (unpaired) electrons. The second kappa shape index (κ2) is 7.79. The van der Waals surface area contributed by atoms with Gasteiger partial charge in [-0.1, -0.05) is 22.6 Å². The van der Waals surface area contributed by atoms with E-state index in [2.05, 4.69) is 22.6 Å². The molecule has 3 rings (SSSR count). The van der Waals surface area contributed by atoms with Crippen molar-refractivity contribution in [1.29, 1.82) is 0 Å². The molecular formula is C20H27IO7. The molecule has 0 aromatic rings. The number of esters is 1. The Balaban J connectivity index is 1.85. The number of alkyl halides is 1. The molecule has 3 aliphatic rings. The van der Waals surface area contributed by atoms with Crippen molar-refractivity contribution in [2.45, 2.75) is 81.5 Å². The van der Waals surface area contributed by atoms with Gasteiger partial charge in [0.2, 0.25) is 0 Å². The molecule has 2 fully saturated rings. The van der Waals surface area contributed by atoms with Gasteiger partial charge in [0, 0.05) is 6.92 Å². The molecule has 8 heteroatoms. The Morgan fingerprint density at radius 3 is 2.29 bits per heavy atom. The van der Waals surface area contributed by atoms with Gasteiger partial charge in [-0.3, -0.25) is 9.59 Å². The number of carbonyl (C=O) groups is 2. The van der Waals surface area contributed by atoms with E-state index < -0.39 is 23.8 Å². The Bertz CT molecular complexity index is 704. The summed E-state index contributed by atoms with van der Waals surface area (Å²) in [6.07, 6.45) is 1.35. The molecule has 0 aromatic heterocycles. The van der Waals surface area contributed by atoms with Crippen LogP contribution in [0.2, 0.25) is 0 Å². The molecule has 2 saturated heterocycles. The molecule has 0 bridgehead atoms. The summed E-state index contributed by atoms with van der Waals surface area (Å²) in [6.45, 7) is 10.8. The zero-order valence-corrected chi connectivity index (χ0v) is 19.1. The fourth-order valence-electron chi connectivity index (χ4n) is 3.73. The largest absolute Gasteiger partial charge is 0.463 e. The van der Waals surface area contributed by atoms with Crippen LogP contribution < -0.4 is 0 Å². The first-order valence-electron chi connectivity index (χ1n) is 9.31. The van der Waals surface area contributed by atoms with E-state index in [0.29, 0.717) is 0 Å². The molecule has 156 valence electrons. The van der Waals surface area contributed by atoms with Crippen molar-refractivity contribution in [1.82, 2.24) is 0 Å². The third-order valence-corrected chi connectivity index (χ3v) is 6.73. The number of hydrogen-bond acceptors (Lipinski definition) is 7. The van der Waals surface area contributed by atoms with Gasteiger partial charge in [0.1, 0.15) is 30.5 Å². The molecule has 0 spiro atoms. The highest BCUT2D eigenvalue weighted by Gasteiger charge is 2.56. The maximum Gasteiger partial charge on any atom is 0.302 e. The quantitative estimate of drug-likeness (QED) is 0.330. The predicted molar refractivity (Wildman–Crippen MR) is 109 cm³/mol. The Labute approximate surface area is 178 Å². The van der Waals surface area contributed by atoms with E-state index in [1.54, 1.807) is 12.2 Å². The van der Waals surface area contributed by atoms with Crippen molar-refractivity contribution in [2.24, 2.45) is 0 Å². The molecule has 1 aliphatic carbocycles. The molecule has 2 aliphatic heterocycles. The topological polar surface area (TPSA) is 80.3 Å². The van der Waals surface area contributed by atoms with Gasteiger partial charge in [0.15, 0.2) is 17.9 Å². The van der Waals surface area contributed by atoms with Gasteiger partial charge in [0.05, 0.1) is 3.92 Å². The van der Waals surface area contributed by atoms with Gasteiger partial charge in [-0.2, -0.15) is 0 Å². The minimum absolute atomic E-state index is 0.0475. The van der Waals surface area contributed by atoms with Crippen molar-refractivity contribution < 1.29 is 33.3 Å². The third kappa shape index (κ3) is 4.21. The van der Waals surface area contributed by atoms with Gasteiger partial charge in [-0.25, -0.2) is 0 Å². The Hall–Kier alpha value is -0.810. The SMILES string of the molecule is CC(=O)OC[C@H]1O[C@@H](OC2(C)C(C)=CC(=O)C=C2C)[C@H](I)[C@H]2OC(C)(C)O[C@H]21. The molecule has 28 heavy (non-hydrogen) atoms. The van der Waals surface area contributed by atoms with Crippen LogP contribution in [0.3, 0.4) is 0 Å². The third-order valence-electron chi connectivity index (χ3n) is 5.44. The van der Waals surface area contributed by atoms with Crippen molar-refractivity contribution in [2.75, 3.05) is 6.61 Å². The number of allylic oxidation sites excluding steroid dienone is 2. The molecule has 5 atom stereocenters. The molecule has 0 aromatic carbocycles. The van der Waals surface area contributed by atoms with E-state index >= 15 is 0 Å². The first-order chi connectivity index (χ1) is 12.9. The molecule has 0 N–H and O–H groups in total. The van der Waals surface area contributed by atoms with Crippen LogP contribution in [0, 0.1) is 0 Å². The van der Waals surface area contributed by atoms with E-state index in [0.717, 1.165) is 11.1 Å². The van der Waals surface area contributed by atoms with Crippen LogP contribution >= 0.6 is 22.6 Å². The second-order valence-corrected chi connectivity index (χ2v) is 9.50. The summed E-state index contributed by atoms with van der Waals surface area (Å²) in [5.74, 6) is -1.20. The fraction of sp³-hybridized carbons (Fsp3) is 0.700. The van der Waals surface area contributed by atoms with Crippen LogP contribution in [0.5, 0.6) is 0 Å². The Morgan fingerprint density at radius 1 is 1.14 bits per heavy atom. The minimum Gasteiger partial charge on any atom is -0.463 e. The van der Waals surface area contributed by atoms with Crippen molar-refractivity contribution in [3.63, 3.8) is 0 Å². The molecular weight excluding hydrogens is 479 g/mol. The molecule has 7 nitrogen and oxygen atoms in total. The number of fused-ring (bicyclic) bond motifs is 1. The van der Waals surface area contributed by atoms with Gasteiger partial charge in [-0.05, 0) is 57.9 Å².